The summed E-state index contributed by atoms with van der Waals surface area (Å²) in [6, 6.07) is 22.5. The molecule has 26 heavy (non-hydrogen) atoms. The Morgan fingerprint density at radius 1 is 0.846 bits per heavy atom. The lowest BCUT2D eigenvalue weighted by molar-refractivity contribution is 1.22. The van der Waals surface area contributed by atoms with Gasteiger partial charge in [0, 0.05) is 21.1 Å². The fourth-order valence-electron chi connectivity index (χ4n) is 2.89. The highest BCUT2D eigenvalue weighted by Gasteiger charge is 2.10. The summed E-state index contributed by atoms with van der Waals surface area (Å²) in [7, 11) is 0. The first-order valence-corrected chi connectivity index (χ1v) is 9.26. The zero-order valence-electron chi connectivity index (χ0n) is 14.6. The van der Waals surface area contributed by atoms with Gasteiger partial charge in [-0.2, -0.15) is 0 Å². The predicted molar refractivity (Wildman–Crippen MR) is 112 cm³/mol. The van der Waals surface area contributed by atoms with Crippen LogP contribution in [0.1, 0.15) is 11.1 Å². The van der Waals surface area contributed by atoms with Crippen LogP contribution in [0.25, 0.3) is 22.3 Å². The number of hydrogen-bond donors (Lipinski definition) is 1. The minimum Gasteiger partial charge on any atom is -0.340 e. The monoisotopic (exact) mass is 403 g/mol. The van der Waals surface area contributed by atoms with Crippen molar-refractivity contribution in [3.8, 4) is 11.4 Å². The number of para-hydroxylation sites is 1. The van der Waals surface area contributed by atoms with Gasteiger partial charge in [-0.3, -0.25) is 0 Å². The van der Waals surface area contributed by atoms with Crippen molar-refractivity contribution in [3.63, 3.8) is 0 Å². The van der Waals surface area contributed by atoms with Crippen molar-refractivity contribution in [2.75, 3.05) is 5.32 Å². The summed E-state index contributed by atoms with van der Waals surface area (Å²) in [5, 5.41) is 4.46. The molecule has 0 bridgehead atoms. The molecule has 3 nitrogen and oxygen atoms in total. The van der Waals surface area contributed by atoms with Crippen LogP contribution >= 0.6 is 15.9 Å². The number of fused-ring (bicyclic) bond motifs is 1. The maximum absolute atomic E-state index is 4.82. The van der Waals surface area contributed by atoms with Crippen LogP contribution in [0.4, 0.5) is 11.5 Å². The standard InChI is InChI=1S/C22H18BrN3/c1-14-6-5-7-16(12-14)21-25-20-9-4-3-8-18(20)22(26-21)24-17-11-10-15(2)19(23)13-17/h3-13H,1-2H3,(H,24,25,26). The molecule has 0 aliphatic carbocycles. The molecule has 0 unspecified atom stereocenters. The van der Waals surface area contributed by atoms with Crippen molar-refractivity contribution in [3.05, 3.63) is 82.3 Å². The van der Waals surface area contributed by atoms with Crippen LogP contribution in [0.5, 0.6) is 0 Å². The number of nitrogens with zero attached hydrogens (tertiary/aromatic N) is 2. The van der Waals surface area contributed by atoms with Crippen LogP contribution in [0.2, 0.25) is 0 Å². The number of aromatic nitrogens is 2. The van der Waals surface area contributed by atoms with E-state index in [4.69, 9.17) is 9.97 Å². The van der Waals surface area contributed by atoms with E-state index in [-0.39, 0.29) is 0 Å². The fourth-order valence-corrected chi connectivity index (χ4v) is 3.27. The molecule has 0 aliphatic heterocycles. The Kier molecular flexibility index (Phi) is 4.43. The number of anilines is 2. The number of hydrogen-bond acceptors (Lipinski definition) is 3. The Morgan fingerprint density at radius 3 is 2.50 bits per heavy atom. The van der Waals surface area contributed by atoms with E-state index in [9.17, 15) is 0 Å². The van der Waals surface area contributed by atoms with E-state index in [2.05, 4.69) is 65.4 Å². The van der Waals surface area contributed by atoms with E-state index in [1.165, 1.54) is 11.1 Å². The van der Waals surface area contributed by atoms with E-state index >= 15 is 0 Å². The summed E-state index contributed by atoms with van der Waals surface area (Å²) >= 11 is 3.60. The minimum absolute atomic E-state index is 0.723. The summed E-state index contributed by atoms with van der Waals surface area (Å²) in [6.45, 7) is 4.15. The van der Waals surface area contributed by atoms with E-state index in [0.29, 0.717) is 0 Å². The van der Waals surface area contributed by atoms with Gasteiger partial charge in [0.2, 0.25) is 0 Å². The van der Waals surface area contributed by atoms with E-state index in [0.717, 1.165) is 38.3 Å². The molecule has 0 atom stereocenters. The predicted octanol–water partition coefficient (Wildman–Crippen LogP) is 6.42. The van der Waals surface area contributed by atoms with Gasteiger partial charge in [0.05, 0.1) is 5.52 Å². The molecule has 4 heteroatoms. The normalized spacial score (nSPS) is 10.9. The van der Waals surface area contributed by atoms with Gasteiger partial charge in [-0.15, -0.1) is 0 Å². The molecular formula is C22H18BrN3. The third-order valence-corrected chi connectivity index (χ3v) is 5.17. The topological polar surface area (TPSA) is 37.8 Å². The maximum atomic E-state index is 4.82. The molecule has 3 aromatic carbocycles. The maximum Gasteiger partial charge on any atom is 0.162 e. The molecule has 0 amide bonds. The van der Waals surface area contributed by atoms with Gasteiger partial charge in [-0.1, -0.05) is 57.9 Å². The Labute approximate surface area is 161 Å². The van der Waals surface area contributed by atoms with Gasteiger partial charge >= 0.3 is 0 Å². The lowest BCUT2D eigenvalue weighted by Gasteiger charge is -2.12. The summed E-state index contributed by atoms with van der Waals surface area (Å²) in [5.74, 6) is 1.53. The largest absolute Gasteiger partial charge is 0.340 e. The molecule has 0 saturated carbocycles. The lowest BCUT2D eigenvalue weighted by atomic mass is 10.1. The quantitative estimate of drug-likeness (QED) is 0.428. The van der Waals surface area contributed by atoms with Gasteiger partial charge in [0.15, 0.2) is 5.82 Å². The van der Waals surface area contributed by atoms with E-state index in [1.54, 1.807) is 0 Å². The van der Waals surface area contributed by atoms with Crippen molar-refractivity contribution < 1.29 is 0 Å². The van der Waals surface area contributed by atoms with E-state index in [1.807, 2.05) is 36.4 Å². The second-order valence-corrected chi connectivity index (χ2v) is 7.23. The smallest absolute Gasteiger partial charge is 0.162 e. The highest BCUT2D eigenvalue weighted by Crippen LogP contribution is 2.29. The highest BCUT2D eigenvalue weighted by molar-refractivity contribution is 9.10. The number of halogens is 1. The third kappa shape index (κ3) is 3.33. The molecule has 1 aromatic heterocycles. The Balaban J connectivity index is 1.85. The average Bonchev–Trinajstić information content (AvgIpc) is 2.65. The Morgan fingerprint density at radius 2 is 1.69 bits per heavy atom. The van der Waals surface area contributed by atoms with Crippen molar-refractivity contribution in [1.29, 1.82) is 0 Å². The molecule has 4 rings (SSSR count). The number of aryl methyl sites for hydroxylation is 2. The lowest BCUT2D eigenvalue weighted by Crippen LogP contribution is -1.99. The summed E-state index contributed by atoms with van der Waals surface area (Å²) in [6.07, 6.45) is 0. The molecule has 0 radical (unpaired) electrons. The molecule has 1 heterocycles. The molecule has 128 valence electrons. The SMILES string of the molecule is Cc1cccc(-c2nc(Nc3ccc(C)c(Br)c3)c3ccccc3n2)c1. The zero-order valence-corrected chi connectivity index (χ0v) is 16.2. The van der Waals surface area contributed by atoms with Gasteiger partial charge in [-0.05, 0) is 49.7 Å². The van der Waals surface area contributed by atoms with Crippen molar-refractivity contribution >= 4 is 38.3 Å². The molecule has 0 saturated heterocycles. The Bertz CT molecular complexity index is 1110. The van der Waals surface area contributed by atoms with Crippen molar-refractivity contribution in [1.82, 2.24) is 9.97 Å². The highest BCUT2D eigenvalue weighted by atomic mass is 79.9. The van der Waals surface area contributed by atoms with Crippen LogP contribution in [0.15, 0.2) is 71.2 Å². The van der Waals surface area contributed by atoms with Gasteiger partial charge in [0.1, 0.15) is 5.82 Å². The van der Waals surface area contributed by atoms with Crippen LogP contribution in [-0.2, 0) is 0 Å². The van der Waals surface area contributed by atoms with Crippen molar-refractivity contribution in [2.24, 2.45) is 0 Å². The van der Waals surface area contributed by atoms with Crippen LogP contribution in [0.3, 0.4) is 0 Å². The fraction of sp³-hybridized carbons (Fsp3) is 0.0909. The first-order valence-electron chi connectivity index (χ1n) is 8.47. The number of benzene rings is 3. The third-order valence-electron chi connectivity index (χ3n) is 4.31. The second kappa shape index (κ2) is 6.89. The molecular weight excluding hydrogens is 386 g/mol. The minimum atomic E-state index is 0.723. The Hall–Kier alpha value is -2.72. The zero-order chi connectivity index (χ0) is 18.1. The summed E-state index contributed by atoms with van der Waals surface area (Å²) < 4.78 is 1.07. The van der Waals surface area contributed by atoms with Crippen LogP contribution in [0, 0.1) is 13.8 Å². The molecule has 0 spiro atoms. The molecule has 1 N–H and O–H groups in total. The second-order valence-electron chi connectivity index (χ2n) is 6.37. The molecule has 0 fully saturated rings. The van der Waals surface area contributed by atoms with Gasteiger partial charge in [0.25, 0.3) is 0 Å². The average molecular weight is 404 g/mol. The van der Waals surface area contributed by atoms with E-state index < -0.39 is 0 Å². The molecule has 4 aromatic rings. The molecule has 0 aliphatic rings. The first kappa shape index (κ1) is 16.7. The first-order chi connectivity index (χ1) is 12.6. The number of nitrogens with one attached hydrogen (secondary N) is 1. The van der Waals surface area contributed by atoms with Crippen LogP contribution in [-0.4, -0.2) is 9.97 Å². The summed E-state index contributed by atoms with van der Waals surface area (Å²) in [4.78, 5) is 9.58. The number of rotatable bonds is 3. The van der Waals surface area contributed by atoms with Gasteiger partial charge < -0.3 is 5.32 Å². The summed E-state index contributed by atoms with van der Waals surface area (Å²) in [5.41, 5.74) is 5.32. The van der Waals surface area contributed by atoms with Crippen molar-refractivity contribution in [2.45, 2.75) is 13.8 Å². The van der Waals surface area contributed by atoms with Crippen LogP contribution < -0.4 is 5.32 Å². The van der Waals surface area contributed by atoms with Gasteiger partial charge in [-0.25, -0.2) is 9.97 Å².